The quantitative estimate of drug-likeness (QED) is 0.121. The fraction of sp³-hybridized carbons (Fsp3) is 0.0303. The Balaban J connectivity index is 0.850. The standard InChI is InChI=1S/C66H50N2/c1-5-13-49(14-6-1)55-25-37-61(38-26-55)67(62-39-27-56(28-40-62)50-15-7-2-8-16-50)65-45-33-59(34-46-65)53-21-23-54(24-22-53)60-35-47-66(48-36-60)68(63-41-29-57(30-42-63)51-17-9-3-10-18-51)64-43-31-58(32-44-64)52-19-11-4-12-20-52/h1-31,33-43,45-48H,32,44H2. The van der Waals surface area contributed by atoms with Gasteiger partial charge < -0.3 is 9.80 Å². The van der Waals surface area contributed by atoms with Gasteiger partial charge in [-0.25, -0.2) is 0 Å². The molecule has 68 heavy (non-hydrogen) atoms. The average Bonchev–Trinajstić information content (AvgIpc) is 3.43. The molecule has 2 nitrogen and oxygen atoms in total. The summed E-state index contributed by atoms with van der Waals surface area (Å²) in [7, 11) is 0. The van der Waals surface area contributed by atoms with E-state index in [2.05, 4.69) is 289 Å². The third kappa shape index (κ3) is 9.09. The van der Waals surface area contributed by atoms with Crippen LogP contribution < -0.4 is 9.80 Å². The number of rotatable bonds is 12. The van der Waals surface area contributed by atoms with Crippen LogP contribution in [0.5, 0.6) is 0 Å². The van der Waals surface area contributed by atoms with Gasteiger partial charge in [0.1, 0.15) is 0 Å². The van der Waals surface area contributed by atoms with E-state index in [9.17, 15) is 0 Å². The first kappa shape index (κ1) is 41.9. The molecular formula is C66H50N2. The molecule has 1 aliphatic carbocycles. The van der Waals surface area contributed by atoms with Crippen LogP contribution in [0.4, 0.5) is 28.4 Å². The van der Waals surface area contributed by atoms with E-state index in [4.69, 9.17) is 0 Å². The molecule has 324 valence electrons. The lowest BCUT2D eigenvalue weighted by Crippen LogP contribution is -2.17. The monoisotopic (exact) mass is 870 g/mol. The highest BCUT2D eigenvalue weighted by Crippen LogP contribution is 2.40. The number of anilines is 5. The molecule has 0 N–H and O–H groups in total. The van der Waals surface area contributed by atoms with Gasteiger partial charge in [0.25, 0.3) is 0 Å². The number of benzene rings is 10. The van der Waals surface area contributed by atoms with Crippen molar-refractivity contribution in [2.24, 2.45) is 0 Å². The molecule has 2 heteroatoms. The molecule has 0 unspecified atom stereocenters. The highest BCUT2D eigenvalue weighted by atomic mass is 15.2. The molecule has 0 heterocycles. The highest BCUT2D eigenvalue weighted by Gasteiger charge is 2.19. The van der Waals surface area contributed by atoms with Crippen LogP contribution in [0.2, 0.25) is 0 Å². The van der Waals surface area contributed by atoms with Crippen molar-refractivity contribution < 1.29 is 0 Å². The Hall–Kier alpha value is -8.72. The van der Waals surface area contributed by atoms with E-state index in [0.29, 0.717) is 0 Å². The first-order valence-electron chi connectivity index (χ1n) is 23.5. The Morgan fingerprint density at radius 3 is 0.691 bits per heavy atom. The zero-order valence-corrected chi connectivity index (χ0v) is 37.9. The maximum Gasteiger partial charge on any atom is 0.0462 e. The van der Waals surface area contributed by atoms with Crippen molar-refractivity contribution in [2.75, 3.05) is 9.80 Å². The lowest BCUT2D eigenvalue weighted by Gasteiger charge is -2.30. The predicted molar refractivity (Wildman–Crippen MR) is 289 cm³/mol. The van der Waals surface area contributed by atoms with Crippen molar-refractivity contribution in [3.05, 3.63) is 290 Å². The summed E-state index contributed by atoms with van der Waals surface area (Å²) in [6.45, 7) is 0. The molecule has 11 rings (SSSR count). The van der Waals surface area contributed by atoms with E-state index in [-0.39, 0.29) is 0 Å². The zero-order chi connectivity index (χ0) is 45.5. The van der Waals surface area contributed by atoms with E-state index < -0.39 is 0 Å². The lowest BCUT2D eigenvalue weighted by atomic mass is 9.94. The Morgan fingerprint density at radius 1 is 0.191 bits per heavy atom. The molecule has 10 aromatic carbocycles. The van der Waals surface area contributed by atoms with Gasteiger partial charge in [-0.2, -0.15) is 0 Å². The second-order valence-corrected chi connectivity index (χ2v) is 17.3. The van der Waals surface area contributed by atoms with E-state index in [1.54, 1.807) is 0 Å². The van der Waals surface area contributed by atoms with Crippen molar-refractivity contribution in [1.82, 2.24) is 0 Å². The molecule has 1 aliphatic rings. The highest BCUT2D eigenvalue weighted by molar-refractivity contribution is 5.82. The molecule has 0 amide bonds. The van der Waals surface area contributed by atoms with Gasteiger partial charge in [-0.1, -0.05) is 212 Å². The largest absolute Gasteiger partial charge is 0.314 e. The fourth-order valence-corrected chi connectivity index (χ4v) is 9.39. The predicted octanol–water partition coefficient (Wildman–Crippen LogP) is 18.4. The van der Waals surface area contributed by atoms with Gasteiger partial charge in [0, 0.05) is 34.1 Å². The molecule has 0 fully saturated rings. The number of hydrogen-bond acceptors (Lipinski definition) is 2. The van der Waals surface area contributed by atoms with Gasteiger partial charge in [-0.05, 0) is 146 Å². The van der Waals surface area contributed by atoms with E-state index in [1.165, 1.54) is 72.5 Å². The van der Waals surface area contributed by atoms with Gasteiger partial charge in [0.15, 0.2) is 0 Å². The smallest absolute Gasteiger partial charge is 0.0462 e. The second kappa shape index (κ2) is 19.4. The molecule has 0 radical (unpaired) electrons. The minimum Gasteiger partial charge on any atom is -0.314 e. The Bertz CT molecular complexity index is 3200. The first-order valence-corrected chi connectivity index (χ1v) is 23.5. The summed E-state index contributed by atoms with van der Waals surface area (Å²) in [6, 6.07) is 96.2. The third-order valence-corrected chi connectivity index (χ3v) is 13.1. The van der Waals surface area contributed by atoms with E-state index >= 15 is 0 Å². The molecule has 0 aliphatic heterocycles. The summed E-state index contributed by atoms with van der Waals surface area (Å²) in [5, 5.41) is 0. The minimum atomic E-state index is 0.951. The first-order chi connectivity index (χ1) is 33.7. The molecule has 0 atom stereocenters. The second-order valence-electron chi connectivity index (χ2n) is 17.3. The molecule has 0 bridgehead atoms. The third-order valence-electron chi connectivity index (χ3n) is 13.1. The van der Waals surface area contributed by atoms with Crippen LogP contribution in [0.15, 0.2) is 285 Å². The van der Waals surface area contributed by atoms with Gasteiger partial charge in [-0.3, -0.25) is 0 Å². The number of nitrogens with zero attached hydrogens (tertiary/aromatic N) is 2. The normalized spacial score (nSPS) is 12.2. The van der Waals surface area contributed by atoms with Crippen molar-refractivity contribution in [2.45, 2.75) is 12.8 Å². The van der Waals surface area contributed by atoms with Crippen LogP contribution in [-0.2, 0) is 0 Å². The van der Waals surface area contributed by atoms with Crippen LogP contribution in [0.3, 0.4) is 0 Å². The van der Waals surface area contributed by atoms with Gasteiger partial charge >= 0.3 is 0 Å². The molecule has 0 saturated carbocycles. The maximum atomic E-state index is 2.42. The van der Waals surface area contributed by atoms with Crippen molar-refractivity contribution in [3.8, 4) is 55.6 Å². The van der Waals surface area contributed by atoms with Crippen LogP contribution in [0, 0.1) is 0 Å². The minimum absolute atomic E-state index is 0.951. The summed E-state index contributed by atoms with van der Waals surface area (Å²) in [4.78, 5) is 4.76. The summed E-state index contributed by atoms with van der Waals surface area (Å²) in [6.07, 6.45) is 6.55. The molecular weight excluding hydrogens is 821 g/mol. The SMILES string of the molecule is C1=C(c2ccccc2)CCC(N(c2ccc(-c3ccccc3)cc2)c2ccc(-c3ccc(-c4ccc(N(c5ccc(-c6ccccc6)cc5)c5ccc(-c6ccccc6)cc5)cc4)cc3)cc2)=C1. The van der Waals surface area contributed by atoms with Gasteiger partial charge in [0.2, 0.25) is 0 Å². The molecule has 0 spiro atoms. The zero-order valence-electron chi connectivity index (χ0n) is 37.9. The molecule has 10 aromatic rings. The topological polar surface area (TPSA) is 6.48 Å². The summed E-state index contributed by atoms with van der Waals surface area (Å²) in [5.41, 5.74) is 21.5. The van der Waals surface area contributed by atoms with Crippen molar-refractivity contribution >= 4 is 34.0 Å². The van der Waals surface area contributed by atoms with Crippen LogP contribution in [-0.4, -0.2) is 0 Å². The van der Waals surface area contributed by atoms with Crippen molar-refractivity contribution in [1.29, 1.82) is 0 Å². The van der Waals surface area contributed by atoms with Crippen LogP contribution in [0.1, 0.15) is 18.4 Å². The Labute approximate surface area is 400 Å². The van der Waals surface area contributed by atoms with Crippen LogP contribution in [0.25, 0.3) is 61.2 Å². The lowest BCUT2D eigenvalue weighted by molar-refractivity contribution is 0.930. The van der Waals surface area contributed by atoms with E-state index in [1.807, 2.05) is 0 Å². The van der Waals surface area contributed by atoms with Crippen LogP contribution >= 0.6 is 0 Å². The fourth-order valence-electron chi connectivity index (χ4n) is 9.39. The molecule has 0 saturated heterocycles. The molecule has 0 aromatic heterocycles. The summed E-state index contributed by atoms with van der Waals surface area (Å²) < 4.78 is 0. The Kier molecular flexibility index (Phi) is 12.0. The maximum absolute atomic E-state index is 2.42. The summed E-state index contributed by atoms with van der Waals surface area (Å²) in [5.74, 6) is 0. The van der Waals surface area contributed by atoms with Crippen molar-refractivity contribution in [3.63, 3.8) is 0 Å². The Morgan fingerprint density at radius 2 is 0.426 bits per heavy atom. The van der Waals surface area contributed by atoms with Gasteiger partial charge in [0.05, 0.1) is 0 Å². The average molecular weight is 871 g/mol. The number of hydrogen-bond donors (Lipinski definition) is 0. The van der Waals surface area contributed by atoms with Gasteiger partial charge in [-0.15, -0.1) is 0 Å². The van der Waals surface area contributed by atoms with E-state index in [0.717, 1.165) is 41.3 Å². The number of allylic oxidation sites excluding steroid dienone is 4. The summed E-state index contributed by atoms with van der Waals surface area (Å²) >= 11 is 0.